The Morgan fingerprint density at radius 2 is 2.20 bits per heavy atom. The standard InChI is InChI=1S/C15H19NO3S/c1-12-7-8-16(11-12)20(18,19)15-10-14(4-3-9-17)6-5-13(15)2/h5-6,10,12,17H,7-9,11H2,1-2H3. The Bertz CT molecular complexity index is 655. The first-order valence-electron chi connectivity index (χ1n) is 6.65. The van der Waals surface area contributed by atoms with Gasteiger partial charge in [-0.1, -0.05) is 24.8 Å². The summed E-state index contributed by atoms with van der Waals surface area (Å²) in [6, 6.07) is 5.12. The van der Waals surface area contributed by atoms with Crippen molar-refractivity contribution in [2.45, 2.75) is 25.2 Å². The lowest BCUT2D eigenvalue weighted by atomic mass is 10.1. The summed E-state index contributed by atoms with van der Waals surface area (Å²) >= 11 is 0. The highest BCUT2D eigenvalue weighted by atomic mass is 32.2. The number of hydrogen-bond donors (Lipinski definition) is 1. The number of nitrogens with zero attached hydrogens (tertiary/aromatic N) is 1. The SMILES string of the molecule is Cc1ccc(C#CCO)cc1S(=O)(=O)N1CCC(C)C1. The van der Waals surface area contributed by atoms with Crippen molar-refractivity contribution < 1.29 is 13.5 Å². The zero-order valence-electron chi connectivity index (χ0n) is 11.8. The quantitative estimate of drug-likeness (QED) is 0.838. The van der Waals surface area contributed by atoms with Crippen molar-refractivity contribution in [3.8, 4) is 11.8 Å². The van der Waals surface area contributed by atoms with Crippen molar-refractivity contribution in [3.63, 3.8) is 0 Å². The van der Waals surface area contributed by atoms with Gasteiger partial charge in [-0.2, -0.15) is 4.31 Å². The molecule has 2 rings (SSSR count). The first kappa shape index (κ1) is 15.0. The summed E-state index contributed by atoms with van der Waals surface area (Å²) in [5.74, 6) is 5.69. The summed E-state index contributed by atoms with van der Waals surface area (Å²) in [5.41, 5.74) is 1.33. The Morgan fingerprint density at radius 1 is 1.45 bits per heavy atom. The highest BCUT2D eigenvalue weighted by Crippen LogP contribution is 2.26. The van der Waals surface area contributed by atoms with Gasteiger partial charge in [0.2, 0.25) is 10.0 Å². The zero-order chi connectivity index (χ0) is 14.8. The normalized spacial score (nSPS) is 19.6. The van der Waals surface area contributed by atoms with E-state index in [0.717, 1.165) is 12.0 Å². The monoisotopic (exact) mass is 293 g/mol. The molecule has 1 aliphatic rings. The molecule has 1 fully saturated rings. The molecule has 4 nitrogen and oxygen atoms in total. The topological polar surface area (TPSA) is 57.6 Å². The van der Waals surface area contributed by atoms with Gasteiger partial charge in [0.05, 0.1) is 4.90 Å². The summed E-state index contributed by atoms with van der Waals surface area (Å²) < 4.78 is 26.9. The lowest BCUT2D eigenvalue weighted by molar-refractivity contribution is 0.350. The van der Waals surface area contributed by atoms with Crippen LogP contribution in [0.4, 0.5) is 0 Å². The largest absolute Gasteiger partial charge is 0.384 e. The molecule has 1 unspecified atom stereocenters. The molecule has 1 saturated heterocycles. The van der Waals surface area contributed by atoms with E-state index in [-0.39, 0.29) is 6.61 Å². The van der Waals surface area contributed by atoms with E-state index in [1.54, 1.807) is 29.4 Å². The van der Waals surface area contributed by atoms with Crippen LogP contribution in [0.15, 0.2) is 23.1 Å². The molecule has 1 heterocycles. The van der Waals surface area contributed by atoms with Crippen LogP contribution in [-0.2, 0) is 10.0 Å². The molecule has 0 amide bonds. The fourth-order valence-electron chi connectivity index (χ4n) is 2.35. The van der Waals surface area contributed by atoms with Gasteiger partial charge in [0, 0.05) is 18.7 Å². The molecule has 0 bridgehead atoms. The van der Waals surface area contributed by atoms with E-state index in [4.69, 9.17) is 5.11 Å². The van der Waals surface area contributed by atoms with E-state index >= 15 is 0 Å². The maximum absolute atomic E-state index is 12.7. The minimum Gasteiger partial charge on any atom is -0.384 e. The van der Waals surface area contributed by atoms with Crippen LogP contribution >= 0.6 is 0 Å². The van der Waals surface area contributed by atoms with Gasteiger partial charge in [0.25, 0.3) is 0 Å². The Balaban J connectivity index is 2.40. The summed E-state index contributed by atoms with van der Waals surface area (Å²) in [5, 5.41) is 8.71. The van der Waals surface area contributed by atoms with Gasteiger partial charge in [-0.25, -0.2) is 8.42 Å². The molecule has 1 atom stereocenters. The highest BCUT2D eigenvalue weighted by Gasteiger charge is 2.31. The third kappa shape index (κ3) is 3.04. The van der Waals surface area contributed by atoms with Crippen molar-refractivity contribution in [2.75, 3.05) is 19.7 Å². The third-order valence-electron chi connectivity index (χ3n) is 3.50. The van der Waals surface area contributed by atoms with Crippen molar-refractivity contribution >= 4 is 10.0 Å². The Labute approximate surface area is 120 Å². The molecule has 20 heavy (non-hydrogen) atoms. The second kappa shape index (κ2) is 5.96. The van der Waals surface area contributed by atoms with Crippen LogP contribution in [-0.4, -0.2) is 37.5 Å². The molecule has 0 aliphatic carbocycles. The van der Waals surface area contributed by atoms with Crippen LogP contribution in [0.25, 0.3) is 0 Å². The molecular formula is C15H19NO3S. The molecule has 1 aromatic carbocycles. The number of aryl methyl sites for hydroxylation is 1. The summed E-state index contributed by atoms with van der Waals surface area (Å²) in [4.78, 5) is 0.316. The van der Waals surface area contributed by atoms with Crippen LogP contribution in [0.1, 0.15) is 24.5 Å². The first-order valence-corrected chi connectivity index (χ1v) is 8.09. The van der Waals surface area contributed by atoms with E-state index in [1.165, 1.54) is 0 Å². The second-order valence-electron chi connectivity index (χ2n) is 5.20. The predicted octanol–water partition coefficient (Wildman–Crippen LogP) is 1.37. The second-order valence-corrected chi connectivity index (χ2v) is 7.10. The van der Waals surface area contributed by atoms with Gasteiger partial charge in [0.1, 0.15) is 6.61 Å². The van der Waals surface area contributed by atoms with Crippen LogP contribution in [0, 0.1) is 24.7 Å². The molecule has 108 valence electrons. The molecule has 5 heteroatoms. The van der Waals surface area contributed by atoms with E-state index in [2.05, 4.69) is 18.8 Å². The Kier molecular flexibility index (Phi) is 4.48. The average Bonchev–Trinajstić information content (AvgIpc) is 2.85. The molecular weight excluding hydrogens is 274 g/mol. The van der Waals surface area contributed by atoms with Crippen molar-refractivity contribution in [3.05, 3.63) is 29.3 Å². The minimum atomic E-state index is -3.45. The van der Waals surface area contributed by atoms with E-state index < -0.39 is 10.0 Å². The van der Waals surface area contributed by atoms with E-state index in [0.29, 0.717) is 29.5 Å². The van der Waals surface area contributed by atoms with Crippen LogP contribution in [0.5, 0.6) is 0 Å². The summed E-state index contributed by atoms with van der Waals surface area (Å²) in [6.45, 7) is 4.77. The lowest BCUT2D eigenvalue weighted by Gasteiger charge is -2.17. The average molecular weight is 293 g/mol. The molecule has 0 saturated carbocycles. The van der Waals surface area contributed by atoms with E-state index in [1.807, 2.05) is 0 Å². The molecule has 1 N–H and O–H groups in total. The number of sulfonamides is 1. The third-order valence-corrected chi connectivity index (χ3v) is 5.51. The Hall–Kier alpha value is -1.35. The Morgan fingerprint density at radius 3 is 2.80 bits per heavy atom. The highest BCUT2D eigenvalue weighted by molar-refractivity contribution is 7.89. The predicted molar refractivity (Wildman–Crippen MR) is 77.7 cm³/mol. The molecule has 1 aliphatic heterocycles. The van der Waals surface area contributed by atoms with Gasteiger partial charge < -0.3 is 5.11 Å². The van der Waals surface area contributed by atoms with Gasteiger partial charge in [0.15, 0.2) is 0 Å². The maximum atomic E-state index is 12.7. The minimum absolute atomic E-state index is 0.237. The summed E-state index contributed by atoms with van der Waals surface area (Å²) in [7, 11) is -3.45. The van der Waals surface area contributed by atoms with Crippen molar-refractivity contribution in [2.24, 2.45) is 5.92 Å². The fourth-order valence-corrected chi connectivity index (χ4v) is 4.17. The fraction of sp³-hybridized carbons (Fsp3) is 0.467. The van der Waals surface area contributed by atoms with Crippen LogP contribution < -0.4 is 0 Å². The number of aliphatic hydroxyl groups excluding tert-OH is 1. The molecule has 0 spiro atoms. The number of rotatable bonds is 2. The first-order chi connectivity index (χ1) is 9.45. The number of aliphatic hydroxyl groups is 1. The smallest absolute Gasteiger partial charge is 0.243 e. The summed E-state index contributed by atoms with van der Waals surface area (Å²) in [6.07, 6.45) is 0.905. The number of benzene rings is 1. The molecule has 1 aromatic rings. The zero-order valence-corrected chi connectivity index (χ0v) is 12.6. The maximum Gasteiger partial charge on any atom is 0.243 e. The lowest BCUT2D eigenvalue weighted by Crippen LogP contribution is -2.29. The van der Waals surface area contributed by atoms with E-state index in [9.17, 15) is 8.42 Å². The van der Waals surface area contributed by atoms with Gasteiger partial charge >= 0.3 is 0 Å². The molecule has 0 radical (unpaired) electrons. The van der Waals surface area contributed by atoms with Gasteiger partial charge in [-0.3, -0.25) is 0 Å². The van der Waals surface area contributed by atoms with Crippen LogP contribution in [0.2, 0.25) is 0 Å². The van der Waals surface area contributed by atoms with Gasteiger partial charge in [-0.05, 0) is 37.0 Å². The van der Waals surface area contributed by atoms with Crippen molar-refractivity contribution in [1.29, 1.82) is 0 Å². The van der Waals surface area contributed by atoms with Crippen LogP contribution in [0.3, 0.4) is 0 Å². The van der Waals surface area contributed by atoms with Gasteiger partial charge in [-0.15, -0.1) is 0 Å². The number of hydrogen-bond acceptors (Lipinski definition) is 3. The molecule has 0 aromatic heterocycles. The van der Waals surface area contributed by atoms with Crippen molar-refractivity contribution in [1.82, 2.24) is 4.31 Å².